The van der Waals surface area contributed by atoms with Crippen molar-refractivity contribution in [3.05, 3.63) is 59.2 Å². The van der Waals surface area contributed by atoms with Gasteiger partial charge in [-0.3, -0.25) is 9.52 Å². The van der Waals surface area contributed by atoms with Crippen molar-refractivity contribution in [3.8, 4) is 0 Å². The first-order chi connectivity index (χ1) is 14.7. The Morgan fingerprint density at radius 3 is 2.39 bits per heavy atom. The fourth-order valence-electron chi connectivity index (χ4n) is 3.73. The number of carbonyl (C=O) groups excluding carboxylic acids is 1. The lowest BCUT2D eigenvalue weighted by atomic mass is 9.99. The van der Waals surface area contributed by atoms with E-state index in [1.54, 1.807) is 49.4 Å². The predicted molar refractivity (Wildman–Crippen MR) is 125 cm³/mol. The van der Waals surface area contributed by atoms with Gasteiger partial charge in [-0.15, -0.1) is 0 Å². The fraction of sp³-hybridized carbons (Fsp3) is 0.458. The number of anilines is 1. The molecule has 2 aromatic rings. The molecule has 31 heavy (non-hydrogen) atoms. The highest BCUT2D eigenvalue weighted by Crippen LogP contribution is 2.21. The smallest absolute Gasteiger partial charge is 0.261 e. The van der Waals surface area contributed by atoms with Crippen LogP contribution >= 0.6 is 0 Å². The molecule has 1 aliphatic rings. The maximum absolute atomic E-state index is 12.6. The van der Waals surface area contributed by atoms with Crippen molar-refractivity contribution in [1.29, 1.82) is 0 Å². The van der Waals surface area contributed by atoms with Crippen LogP contribution in [0.1, 0.15) is 47.7 Å². The Bertz CT molecular complexity index is 995. The fourth-order valence-corrected chi connectivity index (χ4v) is 4.86. The number of amides is 1. The summed E-state index contributed by atoms with van der Waals surface area (Å²) in [5.41, 5.74) is 2.70. The molecule has 2 aromatic carbocycles. The number of hydrogen-bond donors (Lipinski definition) is 2. The molecule has 1 amide bonds. The molecule has 0 atom stereocenters. The highest BCUT2D eigenvalue weighted by molar-refractivity contribution is 7.92. The van der Waals surface area contributed by atoms with Gasteiger partial charge >= 0.3 is 0 Å². The van der Waals surface area contributed by atoms with Crippen molar-refractivity contribution in [2.24, 2.45) is 5.92 Å². The maximum atomic E-state index is 12.6. The van der Waals surface area contributed by atoms with Gasteiger partial charge in [-0.25, -0.2) is 8.42 Å². The van der Waals surface area contributed by atoms with Gasteiger partial charge in [-0.05, 0) is 94.6 Å². The third kappa shape index (κ3) is 6.55. The van der Waals surface area contributed by atoms with E-state index in [0.717, 1.165) is 37.5 Å². The number of aryl methyl sites for hydroxylation is 2. The molecule has 168 valence electrons. The molecule has 1 heterocycles. The molecule has 1 aliphatic heterocycles. The molecule has 1 saturated heterocycles. The lowest BCUT2D eigenvalue weighted by Gasteiger charge is -2.30. The molecule has 0 saturated carbocycles. The third-order valence-electron chi connectivity index (χ3n) is 5.88. The topological polar surface area (TPSA) is 78.5 Å². The van der Waals surface area contributed by atoms with E-state index in [4.69, 9.17) is 0 Å². The molecule has 0 bridgehead atoms. The maximum Gasteiger partial charge on any atom is 0.261 e. The number of nitrogens with zero attached hydrogens (tertiary/aromatic N) is 1. The summed E-state index contributed by atoms with van der Waals surface area (Å²) < 4.78 is 27.8. The summed E-state index contributed by atoms with van der Waals surface area (Å²) in [6.45, 7) is 9.94. The first-order valence-corrected chi connectivity index (χ1v) is 12.4. The van der Waals surface area contributed by atoms with Crippen LogP contribution in [0.5, 0.6) is 0 Å². The van der Waals surface area contributed by atoms with Crippen LogP contribution in [0.25, 0.3) is 0 Å². The third-order valence-corrected chi connectivity index (χ3v) is 7.26. The van der Waals surface area contributed by atoms with Gasteiger partial charge < -0.3 is 10.2 Å². The van der Waals surface area contributed by atoms with Crippen LogP contribution in [0.15, 0.2) is 47.4 Å². The van der Waals surface area contributed by atoms with Crippen LogP contribution in [0.3, 0.4) is 0 Å². The lowest BCUT2D eigenvalue weighted by Crippen LogP contribution is -2.35. The van der Waals surface area contributed by atoms with Gasteiger partial charge in [-0.1, -0.05) is 24.6 Å². The van der Waals surface area contributed by atoms with Crippen molar-refractivity contribution in [1.82, 2.24) is 10.2 Å². The summed E-state index contributed by atoms with van der Waals surface area (Å²) in [5.74, 6) is 0.687. The standard InChI is InChI=1S/C24H33N3O3S/c1-18-5-8-22(9-6-18)31(29,30)26-23-10-7-21(17-20(23)3)24(28)25-13-4-14-27-15-11-19(2)12-16-27/h5-10,17,19,26H,4,11-16H2,1-3H3,(H,25,28). The number of nitrogens with one attached hydrogen (secondary N) is 2. The summed E-state index contributed by atoms with van der Waals surface area (Å²) >= 11 is 0. The lowest BCUT2D eigenvalue weighted by molar-refractivity contribution is 0.0950. The summed E-state index contributed by atoms with van der Waals surface area (Å²) in [4.78, 5) is 15.2. The zero-order valence-electron chi connectivity index (χ0n) is 18.6. The largest absolute Gasteiger partial charge is 0.352 e. The van der Waals surface area contributed by atoms with E-state index >= 15 is 0 Å². The molecule has 3 rings (SSSR count). The number of carbonyl (C=O) groups is 1. The van der Waals surface area contributed by atoms with E-state index in [0.29, 0.717) is 23.4 Å². The first-order valence-electron chi connectivity index (χ1n) is 11.0. The number of hydrogen-bond acceptors (Lipinski definition) is 4. The number of sulfonamides is 1. The molecule has 6 nitrogen and oxygen atoms in total. The van der Waals surface area contributed by atoms with E-state index in [2.05, 4.69) is 21.9 Å². The van der Waals surface area contributed by atoms with Gasteiger partial charge in [0.25, 0.3) is 15.9 Å². The normalized spacial score (nSPS) is 15.6. The number of likely N-dealkylation sites (tertiary alicyclic amines) is 1. The summed E-state index contributed by atoms with van der Waals surface area (Å²) in [5, 5.41) is 2.97. The van der Waals surface area contributed by atoms with Gasteiger partial charge in [0.05, 0.1) is 10.6 Å². The van der Waals surface area contributed by atoms with Gasteiger partial charge in [0.1, 0.15) is 0 Å². The van der Waals surface area contributed by atoms with E-state index in [-0.39, 0.29) is 10.8 Å². The van der Waals surface area contributed by atoms with E-state index in [1.165, 1.54) is 12.8 Å². The average molecular weight is 444 g/mol. The second-order valence-corrected chi connectivity index (χ2v) is 10.3. The van der Waals surface area contributed by atoms with Crippen LogP contribution in [0.2, 0.25) is 0 Å². The molecule has 0 radical (unpaired) electrons. The zero-order chi connectivity index (χ0) is 22.4. The summed E-state index contributed by atoms with van der Waals surface area (Å²) in [6, 6.07) is 11.7. The Morgan fingerprint density at radius 1 is 1.06 bits per heavy atom. The zero-order valence-corrected chi connectivity index (χ0v) is 19.5. The van der Waals surface area contributed by atoms with Gasteiger partial charge in [0.2, 0.25) is 0 Å². The van der Waals surface area contributed by atoms with Crippen molar-refractivity contribution in [2.45, 2.75) is 44.9 Å². The predicted octanol–water partition coefficient (Wildman–Crippen LogP) is 3.96. The molecular formula is C24H33N3O3S. The molecule has 2 N–H and O–H groups in total. The average Bonchev–Trinajstić information content (AvgIpc) is 2.74. The van der Waals surface area contributed by atoms with Crippen molar-refractivity contribution >= 4 is 21.6 Å². The van der Waals surface area contributed by atoms with Crippen LogP contribution in [0, 0.1) is 19.8 Å². The first kappa shape index (κ1) is 23.3. The Hall–Kier alpha value is -2.38. The number of piperidine rings is 1. The minimum atomic E-state index is -3.67. The molecule has 0 aromatic heterocycles. The van der Waals surface area contributed by atoms with Crippen LogP contribution in [-0.4, -0.2) is 45.4 Å². The van der Waals surface area contributed by atoms with Gasteiger partial charge in [-0.2, -0.15) is 0 Å². The number of benzene rings is 2. The highest BCUT2D eigenvalue weighted by atomic mass is 32.2. The van der Waals surface area contributed by atoms with Crippen LogP contribution < -0.4 is 10.0 Å². The Labute approximate surface area is 186 Å². The molecule has 0 aliphatic carbocycles. The summed E-state index contributed by atoms with van der Waals surface area (Å²) in [6.07, 6.45) is 3.44. The van der Waals surface area contributed by atoms with E-state index in [1.807, 2.05) is 6.92 Å². The Kier molecular flexibility index (Phi) is 7.73. The minimum Gasteiger partial charge on any atom is -0.352 e. The second kappa shape index (κ2) is 10.3. The van der Waals surface area contributed by atoms with E-state index < -0.39 is 10.0 Å². The highest BCUT2D eigenvalue weighted by Gasteiger charge is 2.17. The van der Waals surface area contributed by atoms with E-state index in [9.17, 15) is 13.2 Å². The summed E-state index contributed by atoms with van der Waals surface area (Å²) in [7, 11) is -3.67. The molecule has 0 spiro atoms. The van der Waals surface area contributed by atoms with Crippen molar-refractivity contribution in [2.75, 3.05) is 30.9 Å². The molecule has 0 unspecified atom stereocenters. The SMILES string of the molecule is Cc1ccc(S(=O)(=O)Nc2ccc(C(=O)NCCCN3CCC(C)CC3)cc2C)cc1. The molecule has 1 fully saturated rings. The Morgan fingerprint density at radius 2 is 1.74 bits per heavy atom. The minimum absolute atomic E-state index is 0.136. The Balaban J connectivity index is 1.52. The van der Waals surface area contributed by atoms with Crippen LogP contribution in [-0.2, 0) is 10.0 Å². The van der Waals surface area contributed by atoms with Gasteiger partial charge in [0, 0.05) is 12.1 Å². The molecular weight excluding hydrogens is 410 g/mol. The van der Waals surface area contributed by atoms with Crippen LogP contribution in [0.4, 0.5) is 5.69 Å². The van der Waals surface area contributed by atoms with Gasteiger partial charge in [0.15, 0.2) is 0 Å². The van der Waals surface area contributed by atoms with Crippen molar-refractivity contribution in [3.63, 3.8) is 0 Å². The van der Waals surface area contributed by atoms with Crippen molar-refractivity contribution < 1.29 is 13.2 Å². The monoisotopic (exact) mass is 443 g/mol. The number of rotatable bonds is 8. The molecule has 7 heteroatoms. The quantitative estimate of drug-likeness (QED) is 0.606. The second-order valence-electron chi connectivity index (χ2n) is 8.58.